The first kappa shape index (κ1) is 16.8. The van der Waals surface area contributed by atoms with Crippen LogP contribution in [0.25, 0.3) is 0 Å². The fourth-order valence-electron chi connectivity index (χ4n) is 2.46. The molecular formula is C14H27N3O3. The quantitative estimate of drug-likeness (QED) is 0.773. The van der Waals surface area contributed by atoms with Gasteiger partial charge in [0.05, 0.1) is 0 Å². The molecule has 1 aliphatic heterocycles. The smallest absolute Gasteiger partial charge is 0.326 e. The standard InChI is InChI=1S/C14H27N3O3/c1-4-5-6-12(13(18)19)15-14(20)17(3)11-7-9-16(2)10-8-11/h11-12H,4-10H2,1-3H3,(H,15,20)(H,18,19)/t12-/m0/s1. The number of unbranched alkanes of at least 4 members (excludes halogenated alkanes) is 1. The highest BCUT2D eigenvalue weighted by atomic mass is 16.4. The van der Waals surface area contributed by atoms with Crippen LogP contribution in [0.15, 0.2) is 0 Å². The second-order valence-electron chi connectivity index (χ2n) is 5.63. The number of hydrogen-bond donors (Lipinski definition) is 2. The maximum Gasteiger partial charge on any atom is 0.326 e. The molecule has 1 rings (SSSR count). The molecule has 20 heavy (non-hydrogen) atoms. The number of aliphatic carboxylic acids is 1. The first-order valence-electron chi connectivity index (χ1n) is 7.40. The Bertz CT molecular complexity index is 328. The van der Waals surface area contributed by atoms with E-state index >= 15 is 0 Å². The van der Waals surface area contributed by atoms with Gasteiger partial charge in [0.1, 0.15) is 6.04 Å². The SMILES string of the molecule is CCCC[C@H](NC(=O)N(C)C1CCN(C)CC1)C(=O)O. The van der Waals surface area contributed by atoms with Crippen molar-refractivity contribution in [1.29, 1.82) is 0 Å². The molecule has 1 aliphatic rings. The maximum absolute atomic E-state index is 12.1. The minimum atomic E-state index is -0.955. The van der Waals surface area contributed by atoms with Gasteiger partial charge in [-0.15, -0.1) is 0 Å². The number of amides is 2. The van der Waals surface area contributed by atoms with Crippen molar-refractivity contribution in [3.8, 4) is 0 Å². The first-order valence-corrected chi connectivity index (χ1v) is 7.40. The molecule has 0 aliphatic carbocycles. The summed E-state index contributed by atoms with van der Waals surface area (Å²) in [6.07, 6.45) is 4.08. The van der Waals surface area contributed by atoms with Gasteiger partial charge in [-0.2, -0.15) is 0 Å². The Balaban J connectivity index is 2.48. The predicted octanol–water partition coefficient (Wildman–Crippen LogP) is 1.37. The molecule has 0 saturated carbocycles. The van der Waals surface area contributed by atoms with Crippen molar-refractivity contribution in [2.24, 2.45) is 0 Å². The average Bonchev–Trinajstić information content (AvgIpc) is 2.42. The van der Waals surface area contributed by atoms with Crippen LogP contribution in [0.2, 0.25) is 0 Å². The van der Waals surface area contributed by atoms with Crippen molar-refractivity contribution in [2.75, 3.05) is 27.2 Å². The lowest BCUT2D eigenvalue weighted by Crippen LogP contribution is -2.52. The third-order valence-electron chi connectivity index (χ3n) is 4.00. The second kappa shape index (κ2) is 8.09. The maximum atomic E-state index is 12.1. The Kier molecular flexibility index (Phi) is 6.78. The number of carboxylic acid groups (broad SMARTS) is 1. The van der Waals surface area contributed by atoms with Gasteiger partial charge >= 0.3 is 12.0 Å². The van der Waals surface area contributed by atoms with Gasteiger partial charge < -0.3 is 20.2 Å². The summed E-state index contributed by atoms with van der Waals surface area (Å²) in [5.74, 6) is -0.955. The number of urea groups is 1. The van der Waals surface area contributed by atoms with Gasteiger partial charge in [-0.05, 0) is 39.4 Å². The van der Waals surface area contributed by atoms with Gasteiger partial charge in [0.2, 0.25) is 0 Å². The van der Waals surface area contributed by atoms with Gasteiger partial charge in [-0.1, -0.05) is 19.8 Å². The largest absolute Gasteiger partial charge is 0.480 e. The van der Waals surface area contributed by atoms with Crippen LogP contribution in [0.5, 0.6) is 0 Å². The van der Waals surface area contributed by atoms with E-state index < -0.39 is 12.0 Å². The number of rotatable bonds is 6. The zero-order chi connectivity index (χ0) is 15.1. The van der Waals surface area contributed by atoms with Gasteiger partial charge in [-0.25, -0.2) is 9.59 Å². The topological polar surface area (TPSA) is 72.9 Å². The van der Waals surface area contributed by atoms with Gasteiger partial charge in [0.25, 0.3) is 0 Å². The number of likely N-dealkylation sites (tertiary alicyclic amines) is 1. The molecule has 0 aromatic carbocycles. The van der Waals surface area contributed by atoms with E-state index in [0.29, 0.717) is 6.42 Å². The highest BCUT2D eigenvalue weighted by molar-refractivity contribution is 5.82. The molecule has 1 fully saturated rings. The molecule has 1 heterocycles. The average molecular weight is 285 g/mol. The van der Waals surface area contributed by atoms with E-state index in [2.05, 4.69) is 17.3 Å². The lowest BCUT2D eigenvalue weighted by molar-refractivity contribution is -0.139. The van der Waals surface area contributed by atoms with Crippen molar-refractivity contribution >= 4 is 12.0 Å². The van der Waals surface area contributed by atoms with E-state index in [1.54, 1.807) is 11.9 Å². The molecule has 0 unspecified atom stereocenters. The van der Waals surface area contributed by atoms with E-state index in [1.165, 1.54) is 0 Å². The number of nitrogens with one attached hydrogen (secondary N) is 1. The molecule has 6 nitrogen and oxygen atoms in total. The number of carboxylic acids is 1. The number of nitrogens with zero attached hydrogens (tertiary/aromatic N) is 2. The lowest BCUT2D eigenvalue weighted by Gasteiger charge is -2.35. The number of carbonyl (C=O) groups is 2. The van der Waals surface area contributed by atoms with Crippen molar-refractivity contribution in [2.45, 2.75) is 51.1 Å². The molecule has 0 radical (unpaired) electrons. The van der Waals surface area contributed by atoms with Crippen LogP contribution in [0.4, 0.5) is 4.79 Å². The summed E-state index contributed by atoms with van der Waals surface area (Å²) in [5, 5.41) is 11.8. The third-order valence-corrected chi connectivity index (χ3v) is 4.00. The van der Waals surface area contributed by atoms with Crippen molar-refractivity contribution < 1.29 is 14.7 Å². The van der Waals surface area contributed by atoms with Gasteiger partial charge in [0, 0.05) is 13.1 Å². The van der Waals surface area contributed by atoms with Crippen molar-refractivity contribution in [3.05, 3.63) is 0 Å². The molecule has 2 N–H and O–H groups in total. The Hall–Kier alpha value is -1.30. The fourth-order valence-corrected chi connectivity index (χ4v) is 2.46. The van der Waals surface area contributed by atoms with Crippen LogP contribution in [-0.2, 0) is 4.79 Å². The number of piperidine rings is 1. The number of carbonyl (C=O) groups excluding carboxylic acids is 1. The third kappa shape index (κ3) is 5.00. The monoisotopic (exact) mass is 285 g/mol. The van der Waals surface area contributed by atoms with E-state index in [-0.39, 0.29) is 12.1 Å². The zero-order valence-electron chi connectivity index (χ0n) is 12.8. The molecule has 116 valence electrons. The molecule has 0 aromatic heterocycles. The van der Waals surface area contributed by atoms with Crippen LogP contribution in [0.3, 0.4) is 0 Å². The predicted molar refractivity (Wildman–Crippen MR) is 77.8 cm³/mol. The lowest BCUT2D eigenvalue weighted by atomic mass is 10.0. The first-order chi connectivity index (χ1) is 9.45. The van der Waals surface area contributed by atoms with Gasteiger partial charge in [-0.3, -0.25) is 0 Å². The van der Waals surface area contributed by atoms with Gasteiger partial charge in [0.15, 0.2) is 0 Å². The highest BCUT2D eigenvalue weighted by Crippen LogP contribution is 2.14. The van der Waals surface area contributed by atoms with Crippen LogP contribution in [0, 0.1) is 0 Å². The van der Waals surface area contributed by atoms with Crippen molar-refractivity contribution in [3.63, 3.8) is 0 Å². The van der Waals surface area contributed by atoms with Crippen LogP contribution in [0.1, 0.15) is 39.0 Å². The molecule has 6 heteroatoms. The summed E-state index contributed by atoms with van der Waals surface area (Å²) in [4.78, 5) is 27.2. The summed E-state index contributed by atoms with van der Waals surface area (Å²) < 4.78 is 0. The summed E-state index contributed by atoms with van der Waals surface area (Å²) in [5.41, 5.74) is 0. The summed E-state index contributed by atoms with van der Waals surface area (Å²) >= 11 is 0. The Morgan fingerprint density at radius 2 is 2.00 bits per heavy atom. The zero-order valence-corrected chi connectivity index (χ0v) is 12.8. The Morgan fingerprint density at radius 1 is 1.40 bits per heavy atom. The molecule has 0 bridgehead atoms. The molecule has 0 spiro atoms. The summed E-state index contributed by atoms with van der Waals surface area (Å²) in [6.45, 7) is 3.95. The molecule has 1 atom stereocenters. The number of hydrogen-bond acceptors (Lipinski definition) is 3. The van der Waals surface area contributed by atoms with E-state index in [0.717, 1.165) is 38.8 Å². The minimum Gasteiger partial charge on any atom is -0.480 e. The van der Waals surface area contributed by atoms with E-state index in [1.807, 2.05) is 6.92 Å². The fraction of sp³-hybridized carbons (Fsp3) is 0.857. The normalized spacial score (nSPS) is 18.6. The molecule has 2 amide bonds. The van der Waals surface area contributed by atoms with E-state index in [4.69, 9.17) is 5.11 Å². The van der Waals surface area contributed by atoms with Crippen molar-refractivity contribution in [1.82, 2.24) is 15.1 Å². The second-order valence-corrected chi connectivity index (χ2v) is 5.63. The molecule has 1 saturated heterocycles. The van der Waals surface area contributed by atoms with Crippen LogP contribution < -0.4 is 5.32 Å². The summed E-state index contributed by atoms with van der Waals surface area (Å²) in [7, 11) is 3.82. The minimum absolute atomic E-state index is 0.201. The van der Waals surface area contributed by atoms with Crippen LogP contribution in [-0.4, -0.2) is 66.2 Å². The van der Waals surface area contributed by atoms with Crippen LogP contribution >= 0.6 is 0 Å². The van der Waals surface area contributed by atoms with E-state index in [9.17, 15) is 9.59 Å². The Morgan fingerprint density at radius 3 is 2.50 bits per heavy atom. The molecular weight excluding hydrogens is 258 g/mol. The molecule has 0 aromatic rings. The Labute approximate surface area is 121 Å². The highest BCUT2D eigenvalue weighted by Gasteiger charge is 2.27. The summed E-state index contributed by atoms with van der Waals surface area (Å²) in [6, 6.07) is -0.856.